The number of thioether (sulfide) groups is 1. The fourth-order valence-electron chi connectivity index (χ4n) is 11.2. The van der Waals surface area contributed by atoms with Gasteiger partial charge in [0, 0.05) is 57.5 Å². The SMILES string of the molecule is COc1c(C)cc2c(c1OC(=O)OC(C)(C)C)[C@@H]1C3[C@@H]4SC[C@]5(NCCc6c5[nH]c5ccccc65)C(=O)OC[C@@H](c5c6c(c(C)c(OC(=O)OC(C)(C)C)c54)OCO6)N3[C@@H](C#N)[C@H](C2)N1C. The zero-order valence-electron chi connectivity index (χ0n) is 38.8. The first-order chi connectivity index (χ1) is 31.4. The van der Waals surface area contributed by atoms with Gasteiger partial charge in [-0.15, -0.1) is 11.8 Å². The molecule has 1 unspecified atom stereocenters. The second-order valence-corrected chi connectivity index (χ2v) is 21.1. The van der Waals surface area contributed by atoms with Crippen molar-refractivity contribution in [1.29, 1.82) is 5.26 Å². The van der Waals surface area contributed by atoms with Crippen LogP contribution in [0.5, 0.6) is 28.7 Å². The largest absolute Gasteiger partial charge is 0.514 e. The van der Waals surface area contributed by atoms with Crippen LogP contribution in [0.15, 0.2) is 30.3 Å². The Morgan fingerprint density at radius 3 is 2.33 bits per heavy atom. The second-order valence-electron chi connectivity index (χ2n) is 20.0. The number of carbonyl (C=O) groups is 3. The average Bonchev–Trinajstić information content (AvgIpc) is 3.89. The van der Waals surface area contributed by atoms with Crippen molar-refractivity contribution in [1.82, 2.24) is 20.1 Å². The van der Waals surface area contributed by atoms with E-state index in [4.69, 9.17) is 37.9 Å². The molecular weight excluding hydrogens is 867 g/mol. The molecule has 0 saturated carbocycles. The molecule has 1 spiro atoms. The van der Waals surface area contributed by atoms with E-state index >= 15 is 4.79 Å². The maximum absolute atomic E-state index is 15.1. The Hall–Kier alpha value is -5.67. The molecule has 8 heterocycles. The molecule has 0 amide bonds. The Morgan fingerprint density at radius 1 is 0.939 bits per heavy atom. The summed E-state index contributed by atoms with van der Waals surface area (Å²) in [5.74, 6) is 1.34. The van der Waals surface area contributed by atoms with Gasteiger partial charge in [0.2, 0.25) is 6.79 Å². The molecule has 2 saturated heterocycles. The lowest BCUT2D eigenvalue weighted by atomic mass is 9.71. The maximum atomic E-state index is 15.1. The number of esters is 1. The van der Waals surface area contributed by atoms with Crippen LogP contribution in [-0.2, 0) is 37.4 Å². The van der Waals surface area contributed by atoms with E-state index in [9.17, 15) is 14.9 Å². The van der Waals surface area contributed by atoms with Gasteiger partial charge in [0.25, 0.3) is 0 Å². The lowest BCUT2D eigenvalue weighted by molar-refractivity contribution is -0.157. The number of fused-ring (bicyclic) bond motifs is 11. The van der Waals surface area contributed by atoms with Crippen LogP contribution in [0.4, 0.5) is 9.59 Å². The first-order valence-corrected chi connectivity index (χ1v) is 23.4. The normalized spacial score (nSPS) is 26.6. The van der Waals surface area contributed by atoms with Gasteiger partial charge >= 0.3 is 18.3 Å². The number of nitriles is 1. The lowest BCUT2D eigenvalue weighted by Gasteiger charge is -2.62. The van der Waals surface area contributed by atoms with Crippen LogP contribution in [-0.4, -0.2) is 102 Å². The third-order valence-corrected chi connectivity index (χ3v) is 15.1. The van der Waals surface area contributed by atoms with Gasteiger partial charge in [-0.1, -0.05) is 24.3 Å². The molecule has 0 radical (unpaired) electrons. The number of aromatic nitrogens is 1. The van der Waals surface area contributed by atoms with Crippen molar-refractivity contribution in [3.63, 3.8) is 0 Å². The molecule has 348 valence electrons. The topological polar surface area (TPSA) is 183 Å². The van der Waals surface area contributed by atoms with Crippen LogP contribution < -0.4 is 29.0 Å². The molecule has 0 aliphatic carbocycles. The van der Waals surface area contributed by atoms with Crippen molar-refractivity contribution in [2.24, 2.45) is 0 Å². The summed E-state index contributed by atoms with van der Waals surface area (Å²) in [6.07, 6.45) is -0.688. The molecule has 16 nitrogen and oxygen atoms in total. The highest BCUT2D eigenvalue weighted by Crippen LogP contribution is 2.65. The number of aromatic amines is 1. The van der Waals surface area contributed by atoms with E-state index in [0.29, 0.717) is 58.9 Å². The summed E-state index contributed by atoms with van der Waals surface area (Å²) in [6.45, 7) is 14.5. The van der Waals surface area contributed by atoms with Crippen LogP contribution in [0.1, 0.15) is 104 Å². The summed E-state index contributed by atoms with van der Waals surface area (Å²) in [7, 11) is 3.53. The predicted octanol–water partition coefficient (Wildman–Crippen LogP) is 7.75. The number of para-hydroxylation sites is 1. The highest BCUT2D eigenvalue weighted by molar-refractivity contribution is 7.99. The summed E-state index contributed by atoms with van der Waals surface area (Å²) >= 11 is 1.50. The summed E-state index contributed by atoms with van der Waals surface area (Å²) in [5, 5.41) is 15.4. The van der Waals surface area contributed by atoms with Gasteiger partial charge in [0.15, 0.2) is 28.5 Å². The molecular formula is C49H55N5O11S. The van der Waals surface area contributed by atoms with Gasteiger partial charge in [-0.3, -0.25) is 15.1 Å². The van der Waals surface area contributed by atoms with Gasteiger partial charge in [-0.25, -0.2) is 14.4 Å². The standard InChI is InChI=1S/C49H55N5O11S/c1-23-17-25-18-29-30(19-50)54-31-20-59-44(55)49(43-27(15-16-51-49)26-13-11-12-14-28(26)52-43)21-66-42(34-33(31)40-39(60-22-61-40)24(2)38(34)62-45(56)64-47(3,4)5)36(54)35(53(29)9)32(25)41(37(23)58-10)63-46(57)65-48(6,7)8/h11-14,17,29-31,35-36,42,51-52H,15-16,18,20-22H2,1-10H3/t29-,30-,31-,35+,36?,42+,49+/m0/s1. The highest BCUT2D eigenvalue weighted by atomic mass is 32.2. The van der Waals surface area contributed by atoms with E-state index < -0.39 is 64.4 Å². The van der Waals surface area contributed by atoms with Crippen LogP contribution >= 0.6 is 11.8 Å². The molecule has 7 aliphatic rings. The number of benzene rings is 3. The van der Waals surface area contributed by atoms with E-state index in [0.717, 1.165) is 33.3 Å². The van der Waals surface area contributed by atoms with Crippen molar-refractivity contribution in [3.05, 3.63) is 75.0 Å². The van der Waals surface area contributed by atoms with Crippen molar-refractivity contribution in [2.75, 3.05) is 39.9 Å². The number of ether oxygens (including phenoxy) is 8. The number of rotatable bonds is 3. The van der Waals surface area contributed by atoms with E-state index in [-0.39, 0.29) is 36.7 Å². The number of likely N-dealkylation sites (N-methyl/N-ethyl adjacent to an activating group) is 1. The summed E-state index contributed by atoms with van der Waals surface area (Å²) in [5.41, 5.74) is 3.72. The Bertz CT molecular complexity index is 2750. The summed E-state index contributed by atoms with van der Waals surface area (Å²) in [4.78, 5) is 50.8. The molecule has 7 aliphatic heterocycles. The lowest BCUT2D eigenvalue weighted by Crippen LogP contribution is -2.69. The van der Waals surface area contributed by atoms with Crippen LogP contribution in [0.25, 0.3) is 10.9 Å². The number of H-pyrrole nitrogens is 1. The van der Waals surface area contributed by atoms with Crippen LogP contribution in [0.3, 0.4) is 0 Å². The minimum atomic E-state index is -1.33. The first-order valence-electron chi connectivity index (χ1n) is 22.4. The number of aryl methyl sites for hydroxylation is 1. The number of hydrogen-bond acceptors (Lipinski definition) is 16. The smallest absolute Gasteiger partial charge is 0.493 e. The molecule has 11 rings (SSSR count). The van der Waals surface area contributed by atoms with Gasteiger partial charge < -0.3 is 42.9 Å². The molecule has 4 aromatic rings. The predicted molar refractivity (Wildman–Crippen MR) is 242 cm³/mol. The highest BCUT2D eigenvalue weighted by Gasteiger charge is 2.62. The third kappa shape index (κ3) is 6.85. The van der Waals surface area contributed by atoms with Crippen molar-refractivity contribution < 1.29 is 52.3 Å². The van der Waals surface area contributed by atoms with Crippen molar-refractivity contribution >= 4 is 40.9 Å². The molecule has 1 aromatic heterocycles. The fourth-order valence-corrected chi connectivity index (χ4v) is 12.9. The van der Waals surface area contributed by atoms with Crippen molar-refractivity contribution in [3.8, 4) is 34.8 Å². The molecule has 3 aromatic carbocycles. The number of nitrogens with zero attached hydrogens (tertiary/aromatic N) is 3. The Morgan fingerprint density at radius 2 is 1.64 bits per heavy atom. The minimum Gasteiger partial charge on any atom is -0.493 e. The van der Waals surface area contributed by atoms with E-state index in [2.05, 4.69) is 32.2 Å². The Kier molecular flexibility index (Phi) is 10.5. The molecule has 2 N–H and O–H groups in total. The van der Waals surface area contributed by atoms with Crippen molar-refractivity contribution in [2.45, 2.75) is 120 Å². The average molecular weight is 922 g/mol. The zero-order valence-corrected chi connectivity index (χ0v) is 39.7. The van der Waals surface area contributed by atoms with Gasteiger partial charge in [-0.2, -0.15) is 5.26 Å². The molecule has 7 atom stereocenters. The van der Waals surface area contributed by atoms with E-state index in [1.54, 1.807) is 41.5 Å². The zero-order chi connectivity index (χ0) is 46.8. The minimum absolute atomic E-state index is 0.101. The number of methoxy groups -OCH3 is 1. The quantitative estimate of drug-likeness (QED) is 0.115. The first kappa shape index (κ1) is 44.2. The molecule has 17 heteroatoms. The molecule has 4 bridgehead atoms. The Labute approximate surface area is 387 Å². The summed E-state index contributed by atoms with van der Waals surface area (Å²) < 4.78 is 49.4. The van der Waals surface area contributed by atoms with E-state index in [1.165, 1.54) is 18.9 Å². The number of carbonyl (C=O) groups excluding carboxylic acids is 3. The van der Waals surface area contributed by atoms with Gasteiger partial charge in [0.1, 0.15) is 29.6 Å². The maximum Gasteiger partial charge on any atom is 0.514 e. The number of piperazine rings is 1. The molecule has 66 heavy (non-hydrogen) atoms. The van der Waals surface area contributed by atoms with Gasteiger partial charge in [0.05, 0.1) is 36.2 Å². The summed E-state index contributed by atoms with van der Waals surface area (Å²) in [6, 6.07) is 9.60. The van der Waals surface area contributed by atoms with Gasteiger partial charge in [-0.05, 0) is 98.0 Å². The third-order valence-electron chi connectivity index (χ3n) is 13.7. The number of hydrogen-bond donors (Lipinski definition) is 2. The Balaban J connectivity index is 1.24. The fraction of sp³-hybridized carbons (Fsp3) is 0.510. The van der Waals surface area contributed by atoms with E-state index in [1.807, 2.05) is 45.2 Å². The second kappa shape index (κ2) is 15.7. The number of nitrogens with one attached hydrogen (secondary N) is 2. The van der Waals surface area contributed by atoms with Crippen LogP contribution in [0.2, 0.25) is 0 Å². The molecule has 2 fully saturated rings. The van der Waals surface area contributed by atoms with Crippen LogP contribution in [0, 0.1) is 25.2 Å². The monoisotopic (exact) mass is 921 g/mol.